The summed E-state index contributed by atoms with van der Waals surface area (Å²) in [6.07, 6.45) is 5.67. The van der Waals surface area contributed by atoms with Crippen LogP contribution < -0.4 is 0 Å². The van der Waals surface area contributed by atoms with Crippen molar-refractivity contribution in [2.75, 3.05) is 26.2 Å². The molecule has 2 aliphatic rings. The van der Waals surface area contributed by atoms with E-state index in [0.29, 0.717) is 26.2 Å². The van der Waals surface area contributed by atoms with Crippen molar-refractivity contribution in [1.29, 1.82) is 0 Å². The number of ether oxygens (including phenoxy) is 1. The lowest BCUT2D eigenvalue weighted by Gasteiger charge is -2.36. The zero-order valence-electron chi connectivity index (χ0n) is 12.9. The molecule has 1 aromatic rings. The number of aromatic nitrogens is 2. The molecule has 0 aliphatic carbocycles. The summed E-state index contributed by atoms with van der Waals surface area (Å²) in [5, 5.41) is 4.19. The van der Waals surface area contributed by atoms with Crippen molar-refractivity contribution in [2.24, 2.45) is 0 Å². The van der Waals surface area contributed by atoms with Gasteiger partial charge in [0.15, 0.2) is 0 Å². The van der Waals surface area contributed by atoms with E-state index < -0.39 is 0 Å². The molecule has 0 spiro atoms. The predicted octanol–water partition coefficient (Wildman–Crippen LogP) is 1.28. The third-order valence-corrected chi connectivity index (χ3v) is 4.53. The average molecular weight is 306 g/mol. The number of likely N-dealkylation sites (tertiary alicyclic amines) is 1. The van der Waals surface area contributed by atoms with E-state index in [1.54, 1.807) is 15.8 Å². The Morgan fingerprint density at radius 3 is 2.73 bits per heavy atom. The lowest BCUT2D eigenvalue weighted by Crippen LogP contribution is -2.48. The Labute approximate surface area is 129 Å². The van der Waals surface area contributed by atoms with Gasteiger partial charge in [-0.2, -0.15) is 5.10 Å². The van der Waals surface area contributed by atoms with Gasteiger partial charge in [0.05, 0.1) is 6.54 Å². The summed E-state index contributed by atoms with van der Waals surface area (Å²) in [6.45, 7) is 4.52. The van der Waals surface area contributed by atoms with E-state index in [4.69, 9.17) is 4.74 Å². The first kappa shape index (κ1) is 14.9. The first-order valence-electron chi connectivity index (χ1n) is 7.92. The van der Waals surface area contributed by atoms with Gasteiger partial charge < -0.3 is 14.5 Å². The van der Waals surface area contributed by atoms with E-state index in [1.807, 2.05) is 24.1 Å². The average Bonchev–Trinajstić information content (AvgIpc) is 3.20. The third kappa shape index (κ3) is 2.80. The number of cyclic esters (lactones) is 1. The summed E-state index contributed by atoms with van der Waals surface area (Å²) in [6, 6.07) is 1.80. The molecule has 2 fully saturated rings. The van der Waals surface area contributed by atoms with Crippen LogP contribution in [0.25, 0.3) is 0 Å². The van der Waals surface area contributed by atoms with Crippen LogP contribution in [0, 0.1) is 0 Å². The molecule has 120 valence electrons. The number of amides is 2. The number of piperidine rings is 1. The fourth-order valence-corrected chi connectivity index (χ4v) is 3.29. The maximum absolute atomic E-state index is 12.7. The Kier molecular flexibility index (Phi) is 4.31. The molecule has 1 atom stereocenters. The zero-order chi connectivity index (χ0) is 15.5. The van der Waals surface area contributed by atoms with Crippen molar-refractivity contribution in [3.05, 3.63) is 18.5 Å². The number of carbonyl (C=O) groups excluding carboxylic acids is 2. The molecule has 3 rings (SSSR count). The van der Waals surface area contributed by atoms with E-state index in [0.717, 1.165) is 19.3 Å². The van der Waals surface area contributed by atoms with Crippen LogP contribution in [0.15, 0.2) is 18.5 Å². The molecule has 0 N–H and O–H groups in total. The SMILES string of the molecule is CCC(C(=O)N1CCC(N2CCOC2=O)CC1)n1cccn1. The second kappa shape index (κ2) is 6.37. The summed E-state index contributed by atoms with van der Waals surface area (Å²) in [5.41, 5.74) is 0. The summed E-state index contributed by atoms with van der Waals surface area (Å²) in [5.74, 6) is 0.119. The molecule has 2 aliphatic heterocycles. The van der Waals surface area contributed by atoms with E-state index in [-0.39, 0.29) is 24.1 Å². The molecule has 7 nitrogen and oxygen atoms in total. The molecular weight excluding hydrogens is 284 g/mol. The first-order chi connectivity index (χ1) is 10.7. The maximum atomic E-state index is 12.7. The Morgan fingerprint density at radius 1 is 1.41 bits per heavy atom. The van der Waals surface area contributed by atoms with Gasteiger partial charge in [-0.1, -0.05) is 6.92 Å². The first-order valence-corrected chi connectivity index (χ1v) is 7.92. The Bertz CT molecular complexity index is 523. The molecule has 2 saturated heterocycles. The van der Waals surface area contributed by atoms with E-state index in [1.165, 1.54) is 0 Å². The van der Waals surface area contributed by atoms with Crippen molar-refractivity contribution in [3.8, 4) is 0 Å². The normalized spacial score (nSPS) is 21.0. The van der Waals surface area contributed by atoms with E-state index in [9.17, 15) is 9.59 Å². The molecule has 7 heteroatoms. The molecular formula is C15H22N4O3. The summed E-state index contributed by atoms with van der Waals surface area (Å²) in [4.78, 5) is 28.0. The monoisotopic (exact) mass is 306 g/mol. The van der Waals surface area contributed by atoms with Crippen LogP contribution in [0.2, 0.25) is 0 Å². The van der Waals surface area contributed by atoms with Gasteiger partial charge in [0.1, 0.15) is 12.6 Å². The van der Waals surface area contributed by atoms with Gasteiger partial charge >= 0.3 is 6.09 Å². The highest BCUT2D eigenvalue weighted by atomic mass is 16.6. The van der Waals surface area contributed by atoms with Crippen molar-refractivity contribution in [1.82, 2.24) is 19.6 Å². The minimum Gasteiger partial charge on any atom is -0.448 e. The summed E-state index contributed by atoms with van der Waals surface area (Å²) < 4.78 is 6.72. The van der Waals surface area contributed by atoms with Crippen LogP contribution in [0.3, 0.4) is 0 Å². The molecule has 0 bridgehead atoms. The van der Waals surface area contributed by atoms with Crippen molar-refractivity contribution in [3.63, 3.8) is 0 Å². The van der Waals surface area contributed by atoms with Crippen LogP contribution >= 0.6 is 0 Å². The van der Waals surface area contributed by atoms with E-state index in [2.05, 4.69) is 5.10 Å². The van der Waals surface area contributed by atoms with Crippen LogP contribution in [0.4, 0.5) is 4.79 Å². The molecule has 0 aromatic carbocycles. The number of nitrogens with zero attached hydrogens (tertiary/aromatic N) is 4. The lowest BCUT2D eigenvalue weighted by atomic mass is 10.0. The van der Waals surface area contributed by atoms with Gasteiger partial charge in [-0.05, 0) is 25.3 Å². The summed E-state index contributed by atoms with van der Waals surface area (Å²) >= 11 is 0. The molecule has 0 saturated carbocycles. The van der Waals surface area contributed by atoms with Crippen molar-refractivity contribution in [2.45, 2.75) is 38.3 Å². The van der Waals surface area contributed by atoms with Gasteiger partial charge in [-0.3, -0.25) is 9.48 Å². The van der Waals surface area contributed by atoms with Crippen molar-refractivity contribution < 1.29 is 14.3 Å². The predicted molar refractivity (Wildman–Crippen MR) is 79.2 cm³/mol. The highest BCUT2D eigenvalue weighted by Gasteiger charge is 2.34. The number of rotatable bonds is 4. The number of carbonyl (C=O) groups is 2. The molecule has 1 aromatic heterocycles. The molecule has 2 amide bonds. The Hall–Kier alpha value is -2.05. The van der Waals surface area contributed by atoms with Gasteiger partial charge in [0, 0.05) is 31.5 Å². The molecule has 1 unspecified atom stereocenters. The van der Waals surface area contributed by atoms with Gasteiger partial charge in [0.2, 0.25) is 5.91 Å². The highest BCUT2D eigenvalue weighted by molar-refractivity contribution is 5.80. The van der Waals surface area contributed by atoms with Gasteiger partial charge in [-0.25, -0.2) is 4.79 Å². The smallest absolute Gasteiger partial charge is 0.410 e. The van der Waals surface area contributed by atoms with Gasteiger partial charge in [-0.15, -0.1) is 0 Å². The molecule has 0 radical (unpaired) electrons. The Morgan fingerprint density at radius 2 is 2.18 bits per heavy atom. The quantitative estimate of drug-likeness (QED) is 0.840. The second-order valence-corrected chi connectivity index (χ2v) is 5.77. The summed E-state index contributed by atoms with van der Waals surface area (Å²) in [7, 11) is 0. The largest absolute Gasteiger partial charge is 0.448 e. The van der Waals surface area contributed by atoms with Crippen LogP contribution in [-0.2, 0) is 9.53 Å². The fourth-order valence-electron chi connectivity index (χ4n) is 3.29. The number of hydrogen-bond acceptors (Lipinski definition) is 4. The minimum absolute atomic E-state index is 0.119. The van der Waals surface area contributed by atoms with Gasteiger partial charge in [0.25, 0.3) is 0 Å². The third-order valence-electron chi connectivity index (χ3n) is 4.53. The molecule has 22 heavy (non-hydrogen) atoms. The minimum atomic E-state index is -0.233. The van der Waals surface area contributed by atoms with Crippen LogP contribution in [0.5, 0.6) is 0 Å². The topological polar surface area (TPSA) is 67.7 Å². The fraction of sp³-hybridized carbons (Fsp3) is 0.667. The lowest BCUT2D eigenvalue weighted by molar-refractivity contribution is -0.136. The number of hydrogen-bond donors (Lipinski definition) is 0. The maximum Gasteiger partial charge on any atom is 0.410 e. The second-order valence-electron chi connectivity index (χ2n) is 5.77. The standard InChI is InChI=1S/C15H22N4O3/c1-2-13(19-7-3-6-16-19)14(20)17-8-4-12(5-9-17)18-10-11-22-15(18)21/h3,6-7,12-13H,2,4-5,8-11H2,1H3. The van der Waals surface area contributed by atoms with Crippen molar-refractivity contribution >= 4 is 12.0 Å². The highest BCUT2D eigenvalue weighted by Crippen LogP contribution is 2.22. The van der Waals surface area contributed by atoms with Crippen LogP contribution in [-0.4, -0.2) is 63.9 Å². The molecule has 3 heterocycles. The zero-order valence-corrected chi connectivity index (χ0v) is 12.9. The van der Waals surface area contributed by atoms with E-state index >= 15 is 0 Å². The Balaban J connectivity index is 1.58. The van der Waals surface area contributed by atoms with Crippen LogP contribution in [0.1, 0.15) is 32.2 Å².